The fraction of sp³-hybridized carbons (Fsp3) is 0.609. The van der Waals surface area contributed by atoms with Crippen LogP contribution in [0.5, 0.6) is 0 Å². The Bertz CT molecular complexity index is 2070. The molecule has 0 saturated heterocycles. The lowest BCUT2D eigenvalue weighted by atomic mass is 10.0. The summed E-state index contributed by atoms with van der Waals surface area (Å²) in [6.45, 7) is 3.92. The minimum Gasteiger partial charge on any atom is -0.462 e. The van der Waals surface area contributed by atoms with Gasteiger partial charge >= 0.3 is 11.9 Å². The maximum atomic E-state index is 12.4. The van der Waals surface area contributed by atoms with Crippen molar-refractivity contribution in [1.29, 1.82) is 0 Å². The third-order valence-corrected chi connectivity index (χ3v) is 15.9. The van der Waals surface area contributed by atoms with E-state index in [-0.39, 0.29) is 25.2 Å². The second-order valence-electron chi connectivity index (χ2n) is 24.6. The molecule has 0 radical (unpaired) electrons. The van der Waals surface area contributed by atoms with E-state index < -0.39 is 6.10 Å². The first kappa shape index (κ1) is 86.7. The molecular formula is C87H140O5. The number of hydrogen-bond acceptors (Lipinski definition) is 5. The molecule has 0 aromatic rings. The lowest BCUT2D eigenvalue weighted by Gasteiger charge is -2.15. The zero-order valence-electron chi connectivity index (χ0n) is 59.5. The summed E-state index contributed by atoms with van der Waals surface area (Å²) in [6, 6.07) is 0. The van der Waals surface area contributed by atoms with Gasteiger partial charge in [-0.25, -0.2) is 0 Å². The number of carbonyl (C=O) groups is 2. The average molecular weight is 1270 g/mol. The zero-order chi connectivity index (χ0) is 66.1. The Kier molecular flexibility index (Phi) is 75.4. The number of allylic oxidation sites excluding steroid dienone is 32. The second kappa shape index (κ2) is 80.0. The molecule has 1 atom stereocenters. The quantitative estimate of drug-likeness (QED) is 0.0373. The van der Waals surface area contributed by atoms with Crippen LogP contribution in [0.4, 0.5) is 0 Å². The maximum absolute atomic E-state index is 12.4. The van der Waals surface area contributed by atoms with Crippen molar-refractivity contribution < 1.29 is 24.2 Å². The number of unbranched alkanes of at least 4 members (excludes halogenated alkanes) is 28. The van der Waals surface area contributed by atoms with Gasteiger partial charge in [-0.1, -0.05) is 362 Å². The molecule has 0 aliphatic heterocycles. The first-order valence-electron chi connectivity index (χ1n) is 38.0. The topological polar surface area (TPSA) is 72.8 Å². The summed E-state index contributed by atoms with van der Waals surface area (Å²) in [6.07, 6.45) is 126. The van der Waals surface area contributed by atoms with Crippen LogP contribution in [0.3, 0.4) is 0 Å². The highest BCUT2D eigenvalue weighted by molar-refractivity contribution is 5.70. The SMILES string of the molecule is CC/C=C\C/C=C\C/C=C\C/C=C\C/C=C\C/C=C\C/C=C\C/C=C\C/C=C\C/C=C\CCCCCCCCCCCCC(=O)OC(CO)COC(=O)CCCCCCCCCCCCCCCCCCCC/C=C\C/C=C\C/C=C\C/C=C\C/C=C\C/C=C\CC. The van der Waals surface area contributed by atoms with Gasteiger partial charge in [-0.05, 0) is 141 Å². The maximum Gasteiger partial charge on any atom is 0.306 e. The van der Waals surface area contributed by atoms with Gasteiger partial charge < -0.3 is 14.6 Å². The van der Waals surface area contributed by atoms with Crippen molar-refractivity contribution in [2.45, 2.75) is 328 Å². The highest BCUT2D eigenvalue weighted by atomic mass is 16.6. The largest absolute Gasteiger partial charge is 0.462 e. The van der Waals surface area contributed by atoms with Crippen molar-refractivity contribution in [2.75, 3.05) is 13.2 Å². The fourth-order valence-corrected chi connectivity index (χ4v) is 10.3. The molecule has 0 fully saturated rings. The van der Waals surface area contributed by atoms with E-state index in [1.807, 2.05) is 0 Å². The first-order valence-corrected chi connectivity index (χ1v) is 38.0. The molecule has 92 heavy (non-hydrogen) atoms. The number of rotatable bonds is 68. The van der Waals surface area contributed by atoms with Crippen molar-refractivity contribution >= 4 is 11.9 Å². The molecule has 0 aliphatic carbocycles. The van der Waals surface area contributed by atoms with Crippen LogP contribution in [0.1, 0.15) is 322 Å². The third-order valence-electron chi connectivity index (χ3n) is 15.9. The molecule has 5 heteroatoms. The number of aliphatic hydroxyl groups excluding tert-OH is 1. The van der Waals surface area contributed by atoms with Gasteiger partial charge in [-0.15, -0.1) is 0 Å². The van der Waals surface area contributed by atoms with E-state index in [2.05, 4.69) is 208 Å². The lowest BCUT2D eigenvalue weighted by molar-refractivity contribution is -0.161. The Morgan fingerprint density at radius 1 is 0.250 bits per heavy atom. The molecule has 1 N–H and O–H groups in total. The zero-order valence-corrected chi connectivity index (χ0v) is 59.5. The summed E-state index contributed by atoms with van der Waals surface area (Å²) in [5, 5.41) is 9.72. The van der Waals surface area contributed by atoms with Crippen LogP contribution >= 0.6 is 0 Å². The Morgan fingerprint density at radius 2 is 0.435 bits per heavy atom. The Balaban J connectivity index is 3.53. The Hall–Kier alpha value is -5.26. The second-order valence-corrected chi connectivity index (χ2v) is 24.6. The number of aliphatic hydroxyl groups is 1. The molecule has 0 aliphatic rings. The lowest BCUT2D eigenvalue weighted by Crippen LogP contribution is -2.28. The molecule has 5 nitrogen and oxygen atoms in total. The van der Waals surface area contributed by atoms with E-state index in [0.29, 0.717) is 12.8 Å². The van der Waals surface area contributed by atoms with E-state index >= 15 is 0 Å². The van der Waals surface area contributed by atoms with E-state index in [9.17, 15) is 14.7 Å². The minimum absolute atomic E-state index is 0.0749. The number of carbonyl (C=O) groups excluding carboxylic acids is 2. The predicted molar refractivity (Wildman–Crippen MR) is 407 cm³/mol. The van der Waals surface area contributed by atoms with Gasteiger partial charge in [0.1, 0.15) is 6.61 Å². The minimum atomic E-state index is -0.788. The van der Waals surface area contributed by atoms with Crippen molar-refractivity contribution in [3.8, 4) is 0 Å². The Morgan fingerprint density at radius 3 is 0.652 bits per heavy atom. The summed E-state index contributed by atoms with van der Waals surface area (Å²) in [7, 11) is 0. The van der Waals surface area contributed by atoms with Gasteiger partial charge in [0, 0.05) is 12.8 Å². The molecule has 0 bridgehead atoms. The molecule has 0 amide bonds. The molecule has 1 unspecified atom stereocenters. The summed E-state index contributed by atoms with van der Waals surface area (Å²) in [4.78, 5) is 24.7. The van der Waals surface area contributed by atoms with Crippen LogP contribution in [-0.4, -0.2) is 36.4 Å². The van der Waals surface area contributed by atoms with Gasteiger partial charge in [-0.3, -0.25) is 9.59 Å². The number of hydrogen-bond donors (Lipinski definition) is 1. The van der Waals surface area contributed by atoms with Crippen molar-refractivity contribution in [3.05, 3.63) is 194 Å². The molecule has 0 aromatic heterocycles. The highest BCUT2D eigenvalue weighted by Gasteiger charge is 2.16. The predicted octanol–water partition coefficient (Wildman–Crippen LogP) is 27.1. The van der Waals surface area contributed by atoms with Gasteiger partial charge in [0.05, 0.1) is 6.61 Å². The number of ether oxygens (including phenoxy) is 2. The number of esters is 2. The fourth-order valence-electron chi connectivity index (χ4n) is 10.3. The van der Waals surface area contributed by atoms with Gasteiger partial charge in [0.25, 0.3) is 0 Å². The third kappa shape index (κ3) is 77.2. The van der Waals surface area contributed by atoms with Crippen LogP contribution in [0.2, 0.25) is 0 Å². The standard InChI is InChI=1S/C87H140O5/c1-3-5-7-9-11-13-15-17-19-21-23-25-27-29-31-33-35-37-39-41-42-43-44-46-48-50-52-54-56-58-60-62-64-66-68-70-72-74-76-78-80-82-87(90)92-85(83-88)84-91-86(89)81-79-77-75-73-71-69-67-65-63-61-59-57-55-53-51-49-47-45-40-38-36-34-32-30-28-26-24-22-20-18-16-14-12-10-8-6-4-2/h5-8,11-14,17-20,23-26,29-32,35-38,41-42,44,46,50,52,56,58,85,88H,3-4,9-10,15-16,21-22,27-28,33-34,39-40,43,45,47-49,51,53-55,57,59-84H2,1-2H3/b7-5-,8-6-,13-11-,14-12-,19-17-,20-18-,25-23-,26-24-,31-29-,32-30-,37-35-,38-36-,42-41-,46-44-,52-50-,58-56-. The molecule has 518 valence electrons. The van der Waals surface area contributed by atoms with Crippen molar-refractivity contribution in [1.82, 2.24) is 0 Å². The molecule has 0 saturated carbocycles. The smallest absolute Gasteiger partial charge is 0.306 e. The molecule has 0 rings (SSSR count). The molecular weight excluding hydrogens is 1120 g/mol. The van der Waals surface area contributed by atoms with Crippen LogP contribution in [-0.2, 0) is 19.1 Å². The first-order chi connectivity index (χ1) is 45.6. The molecule has 0 spiro atoms. The summed E-state index contributed by atoms with van der Waals surface area (Å²) < 4.78 is 10.8. The van der Waals surface area contributed by atoms with Crippen LogP contribution < -0.4 is 0 Å². The van der Waals surface area contributed by atoms with Crippen LogP contribution in [0.25, 0.3) is 0 Å². The normalized spacial score (nSPS) is 13.4. The van der Waals surface area contributed by atoms with E-state index in [1.165, 1.54) is 154 Å². The van der Waals surface area contributed by atoms with Crippen LogP contribution in [0, 0.1) is 0 Å². The molecule has 0 aromatic carbocycles. The summed E-state index contributed by atoms with van der Waals surface area (Å²) in [5.74, 6) is -0.596. The van der Waals surface area contributed by atoms with Crippen molar-refractivity contribution in [3.63, 3.8) is 0 Å². The molecule has 0 heterocycles. The van der Waals surface area contributed by atoms with E-state index in [0.717, 1.165) is 141 Å². The van der Waals surface area contributed by atoms with Crippen molar-refractivity contribution in [2.24, 2.45) is 0 Å². The van der Waals surface area contributed by atoms with Crippen LogP contribution in [0.15, 0.2) is 194 Å². The highest BCUT2D eigenvalue weighted by Crippen LogP contribution is 2.17. The van der Waals surface area contributed by atoms with Gasteiger partial charge in [-0.2, -0.15) is 0 Å². The summed E-state index contributed by atoms with van der Waals surface area (Å²) in [5.41, 5.74) is 0. The van der Waals surface area contributed by atoms with E-state index in [1.54, 1.807) is 0 Å². The summed E-state index contributed by atoms with van der Waals surface area (Å²) >= 11 is 0. The van der Waals surface area contributed by atoms with Gasteiger partial charge in [0.2, 0.25) is 0 Å². The van der Waals surface area contributed by atoms with E-state index in [4.69, 9.17) is 9.47 Å². The monoisotopic (exact) mass is 1270 g/mol. The van der Waals surface area contributed by atoms with Gasteiger partial charge in [0.15, 0.2) is 6.10 Å². The Labute approximate surface area is 568 Å². The average Bonchev–Trinajstić information content (AvgIpc) is 3.64.